The topological polar surface area (TPSA) is 46.9 Å². The molecule has 1 aromatic heterocycles. The fraction of sp³-hybridized carbons (Fsp3) is 0.176. The van der Waals surface area contributed by atoms with E-state index >= 15 is 0 Å². The highest BCUT2D eigenvalue weighted by atomic mass is 35.5. The third kappa shape index (κ3) is 3.19. The summed E-state index contributed by atoms with van der Waals surface area (Å²) < 4.78 is 14.9. The first kappa shape index (κ1) is 15.5. The minimum absolute atomic E-state index is 0.122. The van der Waals surface area contributed by atoms with Crippen molar-refractivity contribution in [2.24, 2.45) is 0 Å². The highest BCUT2D eigenvalue weighted by Gasteiger charge is 2.13. The average Bonchev–Trinajstić information content (AvgIpc) is 2.88. The molecule has 0 bridgehead atoms. The average molecular weight is 332 g/mol. The van der Waals surface area contributed by atoms with Crippen LogP contribution in [0.5, 0.6) is 0 Å². The first-order chi connectivity index (χ1) is 11.1. The number of para-hydroxylation sites is 2. The van der Waals surface area contributed by atoms with Gasteiger partial charge < -0.3 is 9.88 Å². The van der Waals surface area contributed by atoms with Gasteiger partial charge in [-0.15, -0.1) is 0 Å². The molecule has 0 spiro atoms. The molecule has 3 aromatic rings. The lowest BCUT2D eigenvalue weighted by Gasteiger charge is -2.10. The minimum atomic E-state index is -0.443. The Labute approximate surface area is 137 Å². The van der Waals surface area contributed by atoms with Crippen LogP contribution in [0.2, 0.25) is 5.02 Å². The van der Waals surface area contributed by atoms with Crippen molar-refractivity contribution >= 4 is 34.2 Å². The van der Waals surface area contributed by atoms with Gasteiger partial charge in [-0.25, -0.2) is 9.37 Å². The smallest absolute Gasteiger partial charge is 0.244 e. The van der Waals surface area contributed by atoms with Crippen molar-refractivity contribution in [1.29, 1.82) is 0 Å². The van der Waals surface area contributed by atoms with Crippen LogP contribution in [0.15, 0.2) is 42.5 Å². The van der Waals surface area contributed by atoms with Crippen LogP contribution in [0.4, 0.5) is 10.1 Å². The lowest BCUT2D eigenvalue weighted by Crippen LogP contribution is -2.20. The molecule has 2 aromatic carbocycles. The van der Waals surface area contributed by atoms with Gasteiger partial charge >= 0.3 is 0 Å². The van der Waals surface area contributed by atoms with E-state index in [-0.39, 0.29) is 17.5 Å². The number of benzene rings is 2. The zero-order valence-corrected chi connectivity index (χ0v) is 13.3. The molecule has 0 atom stereocenters. The Kier molecular flexibility index (Phi) is 4.30. The van der Waals surface area contributed by atoms with Crippen LogP contribution in [0.3, 0.4) is 0 Å². The van der Waals surface area contributed by atoms with Crippen LogP contribution in [0.1, 0.15) is 12.7 Å². The molecule has 0 aliphatic rings. The van der Waals surface area contributed by atoms with Crippen LogP contribution in [-0.2, 0) is 17.8 Å². The molecule has 0 unspecified atom stereocenters. The molecule has 23 heavy (non-hydrogen) atoms. The van der Waals surface area contributed by atoms with Gasteiger partial charge in [0.15, 0.2) is 0 Å². The largest absolute Gasteiger partial charge is 0.323 e. The van der Waals surface area contributed by atoms with Crippen LogP contribution in [0, 0.1) is 5.82 Å². The number of fused-ring (bicyclic) bond motifs is 1. The third-order valence-corrected chi connectivity index (χ3v) is 3.87. The fourth-order valence-corrected chi connectivity index (χ4v) is 2.71. The van der Waals surface area contributed by atoms with E-state index in [4.69, 9.17) is 11.6 Å². The van der Waals surface area contributed by atoms with E-state index in [1.807, 2.05) is 35.8 Å². The van der Waals surface area contributed by atoms with Gasteiger partial charge in [0.25, 0.3) is 0 Å². The highest BCUT2D eigenvalue weighted by Crippen LogP contribution is 2.23. The molecule has 1 N–H and O–H groups in total. The number of aromatic nitrogens is 2. The molecular weight excluding hydrogens is 317 g/mol. The Morgan fingerprint density at radius 2 is 2.09 bits per heavy atom. The van der Waals surface area contributed by atoms with Crippen molar-refractivity contribution in [3.8, 4) is 0 Å². The number of nitrogens with zero attached hydrogens (tertiary/aromatic N) is 2. The molecule has 0 fully saturated rings. The van der Waals surface area contributed by atoms with Gasteiger partial charge in [0, 0.05) is 6.42 Å². The monoisotopic (exact) mass is 331 g/mol. The first-order valence-electron chi connectivity index (χ1n) is 7.27. The van der Waals surface area contributed by atoms with Crippen molar-refractivity contribution in [2.45, 2.75) is 19.9 Å². The molecule has 1 heterocycles. The van der Waals surface area contributed by atoms with Crippen LogP contribution >= 0.6 is 11.6 Å². The number of aryl methyl sites for hydroxylation is 1. The second-order valence-electron chi connectivity index (χ2n) is 5.13. The summed E-state index contributed by atoms with van der Waals surface area (Å²) in [6.45, 7) is 2.11. The minimum Gasteiger partial charge on any atom is -0.323 e. The standard InChI is InChI=1S/C17H15ClFN3O/c1-2-16-20-14-5-3-4-6-15(14)22(16)10-17(23)21-13-8-7-11(19)9-12(13)18/h3-9H,2,10H2,1H3,(H,21,23). The predicted molar refractivity (Wildman–Crippen MR) is 89.2 cm³/mol. The lowest BCUT2D eigenvalue weighted by molar-refractivity contribution is -0.116. The lowest BCUT2D eigenvalue weighted by atomic mass is 10.3. The Morgan fingerprint density at radius 1 is 1.30 bits per heavy atom. The van der Waals surface area contributed by atoms with E-state index in [0.29, 0.717) is 5.69 Å². The van der Waals surface area contributed by atoms with Crippen molar-refractivity contribution in [3.63, 3.8) is 0 Å². The second-order valence-corrected chi connectivity index (χ2v) is 5.54. The summed E-state index contributed by atoms with van der Waals surface area (Å²) in [7, 11) is 0. The van der Waals surface area contributed by atoms with E-state index in [1.54, 1.807) is 0 Å². The number of amides is 1. The zero-order valence-electron chi connectivity index (χ0n) is 12.5. The summed E-state index contributed by atoms with van der Waals surface area (Å²) in [5.74, 6) is 0.157. The van der Waals surface area contributed by atoms with E-state index in [2.05, 4.69) is 10.3 Å². The number of hydrogen-bond donors (Lipinski definition) is 1. The van der Waals surface area contributed by atoms with Gasteiger partial charge in [-0.1, -0.05) is 30.7 Å². The molecule has 0 aliphatic carbocycles. The molecule has 118 valence electrons. The number of hydrogen-bond acceptors (Lipinski definition) is 2. The van der Waals surface area contributed by atoms with E-state index in [0.717, 1.165) is 23.3 Å². The van der Waals surface area contributed by atoms with Crippen LogP contribution in [0.25, 0.3) is 11.0 Å². The Bertz CT molecular complexity index is 875. The maximum Gasteiger partial charge on any atom is 0.244 e. The highest BCUT2D eigenvalue weighted by molar-refractivity contribution is 6.33. The zero-order chi connectivity index (χ0) is 16.4. The predicted octanol–water partition coefficient (Wildman–Crippen LogP) is 4.03. The van der Waals surface area contributed by atoms with Crippen LogP contribution in [-0.4, -0.2) is 15.5 Å². The Hall–Kier alpha value is -2.40. The molecule has 0 radical (unpaired) electrons. The summed E-state index contributed by atoms with van der Waals surface area (Å²) in [6, 6.07) is 11.5. The molecule has 0 saturated heterocycles. The van der Waals surface area contributed by atoms with E-state index in [9.17, 15) is 9.18 Å². The normalized spacial score (nSPS) is 10.9. The van der Waals surface area contributed by atoms with Crippen molar-refractivity contribution in [1.82, 2.24) is 9.55 Å². The van der Waals surface area contributed by atoms with Gasteiger partial charge in [0.1, 0.15) is 18.2 Å². The third-order valence-electron chi connectivity index (χ3n) is 3.56. The summed E-state index contributed by atoms with van der Waals surface area (Å²) in [6.07, 6.45) is 0.721. The molecule has 3 rings (SSSR count). The molecule has 6 heteroatoms. The second kappa shape index (κ2) is 6.38. The number of anilines is 1. The maximum absolute atomic E-state index is 13.1. The van der Waals surface area contributed by atoms with E-state index < -0.39 is 5.82 Å². The molecule has 4 nitrogen and oxygen atoms in total. The Balaban J connectivity index is 1.85. The molecule has 0 aliphatic heterocycles. The summed E-state index contributed by atoms with van der Waals surface area (Å²) in [5.41, 5.74) is 2.15. The molecule has 0 saturated carbocycles. The van der Waals surface area contributed by atoms with Gasteiger partial charge in [0.2, 0.25) is 5.91 Å². The SMILES string of the molecule is CCc1nc2ccccc2n1CC(=O)Nc1ccc(F)cc1Cl. The van der Waals surface area contributed by atoms with E-state index in [1.165, 1.54) is 18.2 Å². The molecular formula is C17H15ClFN3O. The number of imidazole rings is 1. The number of carbonyl (C=O) groups is 1. The van der Waals surface area contributed by atoms with Crippen molar-refractivity contribution < 1.29 is 9.18 Å². The number of rotatable bonds is 4. The Morgan fingerprint density at radius 3 is 2.83 bits per heavy atom. The molecule has 1 amide bonds. The quantitative estimate of drug-likeness (QED) is 0.784. The number of carbonyl (C=O) groups excluding carboxylic acids is 1. The number of halogens is 2. The summed E-state index contributed by atoms with van der Waals surface area (Å²) in [4.78, 5) is 16.8. The van der Waals surface area contributed by atoms with Crippen molar-refractivity contribution in [2.75, 3.05) is 5.32 Å². The summed E-state index contributed by atoms with van der Waals surface area (Å²) in [5, 5.41) is 2.88. The summed E-state index contributed by atoms with van der Waals surface area (Å²) >= 11 is 5.94. The first-order valence-corrected chi connectivity index (χ1v) is 7.65. The van der Waals surface area contributed by atoms with Gasteiger partial charge in [-0.2, -0.15) is 0 Å². The fourth-order valence-electron chi connectivity index (χ4n) is 2.50. The van der Waals surface area contributed by atoms with Gasteiger partial charge in [0.05, 0.1) is 21.7 Å². The number of nitrogens with one attached hydrogen (secondary N) is 1. The van der Waals surface area contributed by atoms with Crippen molar-refractivity contribution in [3.05, 3.63) is 59.1 Å². The van der Waals surface area contributed by atoms with Gasteiger partial charge in [-0.3, -0.25) is 4.79 Å². The maximum atomic E-state index is 13.1. The van der Waals surface area contributed by atoms with Gasteiger partial charge in [-0.05, 0) is 30.3 Å². The van der Waals surface area contributed by atoms with Crippen LogP contribution < -0.4 is 5.32 Å².